The van der Waals surface area contributed by atoms with Gasteiger partial charge in [-0.25, -0.2) is 0 Å². The van der Waals surface area contributed by atoms with Crippen molar-refractivity contribution in [1.82, 2.24) is 0 Å². The number of benzene rings is 1. The molecule has 0 bridgehead atoms. The van der Waals surface area contributed by atoms with Crippen molar-refractivity contribution in [3.63, 3.8) is 0 Å². The van der Waals surface area contributed by atoms with E-state index in [2.05, 4.69) is 19.9 Å². The summed E-state index contributed by atoms with van der Waals surface area (Å²) >= 11 is 0. The minimum atomic E-state index is 0.409. The molecule has 0 saturated carbocycles. The lowest BCUT2D eigenvalue weighted by molar-refractivity contribution is 0.342. The maximum atomic E-state index is 9.36. The molecule has 1 heteroatoms. The molecule has 0 spiro atoms. The van der Waals surface area contributed by atoms with E-state index in [0.717, 1.165) is 18.3 Å². The molecule has 1 aromatic rings. The zero-order valence-corrected chi connectivity index (χ0v) is 8.96. The second-order valence-electron chi connectivity index (χ2n) is 4.70. The molecular formula is C13H18O. The molecule has 0 aromatic heterocycles. The van der Waals surface area contributed by atoms with Crippen molar-refractivity contribution < 1.29 is 5.11 Å². The Balaban J connectivity index is 2.23. The highest BCUT2D eigenvalue weighted by molar-refractivity contribution is 5.36. The van der Waals surface area contributed by atoms with Gasteiger partial charge in [0.15, 0.2) is 0 Å². The SMILES string of the molecule is CC(C)[C@H]1CCc2cc(O)ccc2C1. The summed E-state index contributed by atoms with van der Waals surface area (Å²) in [7, 11) is 0. The molecule has 1 nitrogen and oxygen atoms in total. The lowest BCUT2D eigenvalue weighted by atomic mass is 9.78. The fourth-order valence-electron chi connectivity index (χ4n) is 2.34. The molecule has 1 atom stereocenters. The molecule has 1 N–H and O–H groups in total. The summed E-state index contributed by atoms with van der Waals surface area (Å²) < 4.78 is 0. The van der Waals surface area contributed by atoms with Crippen molar-refractivity contribution in [3.8, 4) is 5.75 Å². The minimum absolute atomic E-state index is 0.409. The van der Waals surface area contributed by atoms with Gasteiger partial charge in [-0.1, -0.05) is 19.9 Å². The van der Waals surface area contributed by atoms with E-state index in [1.54, 1.807) is 0 Å². The average Bonchev–Trinajstić information content (AvgIpc) is 2.16. The zero-order valence-electron chi connectivity index (χ0n) is 8.96. The van der Waals surface area contributed by atoms with Gasteiger partial charge in [0.2, 0.25) is 0 Å². The van der Waals surface area contributed by atoms with Crippen LogP contribution in [0.2, 0.25) is 0 Å². The molecule has 76 valence electrons. The normalized spacial score (nSPS) is 20.9. The number of hydrogen-bond acceptors (Lipinski definition) is 1. The van der Waals surface area contributed by atoms with Crippen LogP contribution in [-0.4, -0.2) is 5.11 Å². The summed E-state index contributed by atoms with van der Waals surface area (Å²) in [5.74, 6) is 2.01. The molecule has 0 aliphatic heterocycles. The lowest BCUT2D eigenvalue weighted by Crippen LogP contribution is -2.18. The van der Waals surface area contributed by atoms with Gasteiger partial charge in [-0.05, 0) is 54.4 Å². The van der Waals surface area contributed by atoms with E-state index in [1.807, 2.05) is 12.1 Å². The quantitative estimate of drug-likeness (QED) is 0.721. The second kappa shape index (κ2) is 3.64. The van der Waals surface area contributed by atoms with E-state index in [0.29, 0.717) is 5.75 Å². The Kier molecular flexibility index (Phi) is 2.49. The van der Waals surface area contributed by atoms with Crippen LogP contribution >= 0.6 is 0 Å². The Bertz CT molecular complexity index is 328. The van der Waals surface area contributed by atoms with E-state index in [9.17, 15) is 5.11 Å². The van der Waals surface area contributed by atoms with Gasteiger partial charge in [0.05, 0.1) is 0 Å². The Hall–Kier alpha value is -0.980. The maximum Gasteiger partial charge on any atom is 0.115 e. The van der Waals surface area contributed by atoms with Gasteiger partial charge < -0.3 is 5.11 Å². The van der Waals surface area contributed by atoms with Crippen LogP contribution in [0.5, 0.6) is 5.75 Å². The highest BCUT2D eigenvalue weighted by Crippen LogP contribution is 2.31. The van der Waals surface area contributed by atoms with E-state index < -0.39 is 0 Å². The molecule has 0 heterocycles. The number of fused-ring (bicyclic) bond motifs is 1. The smallest absolute Gasteiger partial charge is 0.115 e. The van der Waals surface area contributed by atoms with Crippen LogP contribution in [-0.2, 0) is 12.8 Å². The van der Waals surface area contributed by atoms with Crippen LogP contribution < -0.4 is 0 Å². The third kappa shape index (κ3) is 1.77. The van der Waals surface area contributed by atoms with Crippen molar-refractivity contribution >= 4 is 0 Å². The number of rotatable bonds is 1. The van der Waals surface area contributed by atoms with Gasteiger partial charge in [-0.15, -0.1) is 0 Å². The maximum absolute atomic E-state index is 9.36. The van der Waals surface area contributed by atoms with Crippen LogP contribution in [0, 0.1) is 11.8 Å². The molecule has 1 aliphatic carbocycles. The summed E-state index contributed by atoms with van der Waals surface area (Å²) in [5.41, 5.74) is 2.79. The third-order valence-electron chi connectivity index (χ3n) is 3.40. The Morgan fingerprint density at radius 1 is 1.29 bits per heavy atom. The number of aromatic hydroxyl groups is 1. The molecule has 2 rings (SSSR count). The molecule has 1 aliphatic rings. The molecule has 1 aromatic carbocycles. The number of phenolic OH excluding ortho intramolecular Hbond substituents is 1. The molecular weight excluding hydrogens is 172 g/mol. The first kappa shape index (κ1) is 9.57. The Morgan fingerprint density at radius 3 is 2.79 bits per heavy atom. The fourth-order valence-corrected chi connectivity index (χ4v) is 2.34. The van der Waals surface area contributed by atoms with Crippen LogP contribution in [0.3, 0.4) is 0 Å². The van der Waals surface area contributed by atoms with E-state index >= 15 is 0 Å². The molecule has 0 unspecified atom stereocenters. The monoisotopic (exact) mass is 190 g/mol. The first-order valence-electron chi connectivity index (χ1n) is 5.47. The standard InChI is InChI=1S/C13H18O/c1-9(2)10-3-4-12-8-13(14)6-5-11(12)7-10/h5-6,8-10,14H,3-4,7H2,1-2H3/t10-/m0/s1. The highest BCUT2D eigenvalue weighted by atomic mass is 16.3. The van der Waals surface area contributed by atoms with Crippen LogP contribution in [0.25, 0.3) is 0 Å². The van der Waals surface area contributed by atoms with Crippen molar-refractivity contribution in [2.75, 3.05) is 0 Å². The van der Waals surface area contributed by atoms with Gasteiger partial charge in [0, 0.05) is 0 Å². The summed E-state index contributed by atoms with van der Waals surface area (Å²) in [6.45, 7) is 4.60. The van der Waals surface area contributed by atoms with E-state index in [-0.39, 0.29) is 0 Å². The Labute approximate surface area is 85.8 Å². The topological polar surface area (TPSA) is 20.2 Å². The van der Waals surface area contributed by atoms with Crippen LogP contribution in [0.15, 0.2) is 18.2 Å². The summed E-state index contributed by atoms with van der Waals surface area (Å²) in [6.07, 6.45) is 3.59. The molecule has 0 radical (unpaired) electrons. The van der Waals surface area contributed by atoms with Gasteiger partial charge >= 0.3 is 0 Å². The highest BCUT2D eigenvalue weighted by Gasteiger charge is 2.20. The van der Waals surface area contributed by atoms with E-state index in [4.69, 9.17) is 0 Å². The van der Waals surface area contributed by atoms with Gasteiger partial charge in [-0.3, -0.25) is 0 Å². The average molecular weight is 190 g/mol. The molecule has 0 saturated heterocycles. The third-order valence-corrected chi connectivity index (χ3v) is 3.40. The Morgan fingerprint density at radius 2 is 2.07 bits per heavy atom. The van der Waals surface area contributed by atoms with Crippen LogP contribution in [0.4, 0.5) is 0 Å². The summed E-state index contributed by atoms with van der Waals surface area (Å²) in [4.78, 5) is 0. The predicted molar refractivity (Wildman–Crippen MR) is 58.5 cm³/mol. The van der Waals surface area contributed by atoms with Crippen molar-refractivity contribution in [3.05, 3.63) is 29.3 Å². The van der Waals surface area contributed by atoms with Gasteiger partial charge in [0.25, 0.3) is 0 Å². The number of hydrogen-bond donors (Lipinski definition) is 1. The first-order valence-corrected chi connectivity index (χ1v) is 5.47. The lowest BCUT2D eigenvalue weighted by Gasteiger charge is -2.27. The van der Waals surface area contributed by atoms with E-state index in [1.165, 1.54) is 24.0 Å². The minimum Gasteiger partial charge on any atom is -0.508 e. The van der Waals surface area contributed by atoms with Crippen molar-refractivity contribution in [2.45, 2.75) is 33.1 Å². The number of phenols is 1. The van der Waals surface area contributed by atoms with Crippen molar-refractivity contribution in [2.24, 2.45) is 11.8 Å². The van der Waals surface area contributed by atoms with Crippen LogP contribution in [0.1, 0.15) is 31.4 Å². The summed E-state index contributed by atoms with van der Waals surface area (Å²) in [6, 6.07) is 5.81. The number of aryl methyl sites for hydroxylation is 1. The van der Waals surface area contributed by atoms with Crippen molar-refractivity contribution in [1.29, 1.82) is 0 Å². The molecule has 0 fully saturated rings. The zero-order chi connectivity index (χ0) is 10.1. The predicted octanol–water partition coefficient (Wildman–Crippen LogP) is 3.15. The largest absolute Gasteiger partial charge is 0.508 e. The summed E-state index contributed by atoms with van der Waals surface area (Å²) in [5, 5.41) is 9.36. The van der Waals surface area contributed by atoms with Gasteiger partial charge in [-0.2, -0.15) is 0 Å². The first-order chi connectivity index (χ1) is 6.66. The molecule has 0 amide bonds. The second-order valence-corrected chi connectivity index (χ2v) is 4.70. The fraction of sp³-hybridized carbons (Fsp3) is 0.538. The molecule has 14 heavy (non-hydrogen) atoms. The van der Waals surface area contributed by atoms with Gasteiger partial charge in [0.1, 0.15) is 5.75 Å².